The highest BCUT2D eigenvalue weighted by atomic mass is 79.9. The second kappa shape index (κ2) is 7.46. The highest BCUT2D eigenvalue weighted by Crippen LogP contribution is 2.36. The number of thiophene rings is 1. The normalized spacial score (nSPS) is 11.3. The average Bonchev–Trinajstić information content (AvgIpc) is 3.10. The van der Waals surface area contributed by atoms with Crippen molar-refractivity contribution in [1.82, 2.24) is 9.97 Å². The molecular formula is C20H15BrN4OS. The molecule has 5 nitrogen and oxygen atoms in total. The molecule has 2 heterocycles. The van der Waals surface area contributed by atoms with Crippen LogP contribution < -0.4 is 5.43 Å². The molecule has 0 fully saturated rings. The van der Waals surface area contributed by atoms with E-state index in [-0.39, 0.29) is 5.75 Å². The zero-order valence-corrected chi connectivity index (χ0v) is 16.8. The summed E-state index contributed by atoms with van der Waals surface area (Å²) < 4.78 is 0.866. The summed E-state index contributed by atoms with van der Waals surface area (Å²) in [6, 6.07) is 13.5. The van der Waals surface area contributed by atoms with Gasteiger partial charge >= 0.3 is 0 Å². The first-order chi connectivity index (χ1) is 13.1. The number of hydrogen-bond donors (Lipinski definition) is 2. The van der Waals surface area contributed by atoms with Crippen molar-refractivity contribution in [3.63, 3.8) is 0 Å². The molecule has 0 aliphatic carbocycles. The number of fused-ring (bicyclic) bond motifs is 1. The number of hydrazone groups is 1. The molecule has 0 radical (unpaired) electrons. The van der Waals surface area contributed by atoms with E-state index in [1.165, 1.54) is 11.9 Å². The summed E-state index contributed by atoms with van der Waals surface area (Å²) in [6.07, 6.45) is 3.08. The third kappa shape index (κ3) is 3.70. The number of hydrogen-bond acceptors (Lipinski definition) is 6. The van der Waals surface area contributed by atoms with E-state index < -0.39 is 0 Å². The van der Waals surface area contributed by atoms with Crippen LogP contribution in [0.25, 0.3) is 21.3 Å². The predicted molar refractivity (Wildman–Crippen MR) is 115 cm³/mol. The second-order valence-electron chi connectivity index (χ2n) is 5.99. The lowest BCUT2D eigenvalue weighted by Gasteiger charge is -2.05. The summed E-state index contributed by atoms with van der Waals surface area (Å²) in [5.74, 6) is 0.787. The van der Waals surface area contributed by atoms with Crippen LogP contribution in [0.15, 0.2) is 63.7 Å². The molecule has 0 aliphatic rings. The Hall–Kier alpha value is -2.77. The SMILES string of the molecule is Cc1ccc(-c2csc3ncnc(NN=Cc4cc(Br)ccc4O)c23)cc1. The number of nitrogens with one attached hydrogen (secondary N) is 1. The Labute approximate surface area is 168 Å². The molecule has 0 bridgehead atoms. The first kappa shape index (κ1) is 17.6. The Balaban J connectivity index is 1.70. The minimum atomic E-state index is 0.160. The van der Waals surface area contributed by atoms with E-state index in [9.17, 15) is 5.11 Å². The van der Waals surface area contributed by atoms with Crippen LogP contribution in [0.2, 0.25) is 0 Å². The quantitative estimate of drug-likeness (QED) is 0.322. The zero-order chi connectivity index (χ0) is 18.8. The predicted octanol–water partition coefficient (Wildman–Crippen LogP) is 5.58. The Morgan fingerprint density at radius 2 is 1.96 bits per heavy atom. The number of anilines is 1. The number of phenols is 1. The molecule has 27 heavy (non-hydrogen) atoms. The van der Waals surface area contributed by atoms with Crippen LogP contribution >= 0.6 is 27.3 Å². The van der Waals surface area contributed by atoms with E-state index >= 15 is 0 Å². The largest absolute Gasteiger partial charge is 0.507 e. The van der Waals surface area contributed by atoms with E-state index in [1.807, 2.05) is 0 Å². The molecule has 2 N–H and O–H groups in total. The van der Waals surface area contributed by atoms with Gasteiger partial charge in [0.25, 0.3) is 0 Å². The maximum Gasteiger partial charge on any atom is 0.159 e. The van der Waals surface area contributed by atoms with Crippen LogP contribution in [0.3, 0.4) is 0 Å². The van der Waals surface area contributed by atoms with Gasteiger partial charge in [0.2, 0.25) is 0 Å². The van der Waals surface area contributed by atoms with Crippen molar-refractivity contribution in [1.29, 1.82) is 0 Å². The van der Waals surface area contributed by atoms with E-state index in [4.69, 9.17) is 0 Å². The number of aromatic nitrogens is 2. The third-order valence-corrected chi connectivity index (χ3v) is 5.48. The summed E-state index contributed by atoms with van der Waals surface area (Å²) in [5, 5.41) is 17.2. The molecule has 0 spiro atoms. The van der Waals surface area contributed by atoms with Crippen molar-refractivity contribution in [2.75, 3.05) is 5.43 Å². The van der Waals surface area contributed by atoms with Gasteiger partial charge < -0.3 is 5.11 Å². The lowest BCUT2D eigenvalue weighted by Crippen LogP contribution is -1.95. The topological polar surface area (TPSA) is 70.4 Å². The minimum absolute atomic E-state index is 0.160. The highest BCUT2D eigenvalue weighted by Gasteiger charge is 2.12. The van der Waals surface area contributed by atoms with Gasteiger partial charge in [-0.25, -0.2) is 9.97 Å². The van der Waals surface area contributed by atoms with Gasteiger partial charge in [-0.05, 0) is 30.7 Å². The van der Waals surface area contributed by atoms with Crippen molar-refractivity contribution in [3.05, 3.63) is 69.8 Å². The Morgan fingerprint density at radius 3 is 2.78 bits per heavy atom. The lowest BCUT2D eigenvalue weighted by molar-refractivity contribution is 0.474. The summed E-state index contributed by atoms with van der Waals surface area (Å²) >= 11 is 4.96. The van der Waals surface area contributed by atoms with Gasteiger partial charge in [-0.2, -0.15) is 5.10 Å². The van der Waals surface area contributed by atoms with Crippen LogP contribution in [-0.2, 0) is 0 Å². The molecule has 7 heteroatoms. The number of nitrogens with zero attached hydrogens (tertiary/aromatic N) is 3. The molecule has 4 rings (SSSR count). The number of aryl methyl sites for hydroxylation is 1. The van der Waals surface area contributed by atoms with Crippen LogP contribution in [0.4, 0.5) is 5.82 Å². The number of rotatable bonds is 4. The molecule has 4 aromatic rings. The van der Waals surface area contributed by atoms with Gasteiger partial charge in [0.1, 0.15) is 16.9 Å². The maximum absolute atomic E-state index is 9.92. The van der Waals surface area contributed by atoms with Crippen molar-refractivity contribution in [2.24, 2.45) is 5.10 Å². The van der Waals surface area contributed by atoms with Crippen molar-refractivity contribution < 1.29 is 5.11 Å². The summed E-state index contributed by atoms with van der Waals surface area (Å²) in [6.45, 7) is 2.07. The van der Waals surface area contributed by atoms with Crippen molar-refractivity contribution in [3.8, 4) is 16.9 Å². The molecule has 0 saturated carbocycles. The van der Waals surface area contributed by atoms with E-state index in [2.05, 4.69) is 73.0 Å². The van der Waals surface area contributed by atoms with Gasteiger partial charge in [-0.15, -0.1) is 11.3 Å². The van der Waals surface area contributed by atoms with Crippen molar-refractivity contribution in [2.45, 2.75) is 6.92 Å². The fourth-order valence-electron chi connectivity index (χ4n) is 2.70. The molecule has 0 atom stereocenters. The molecule has 134 valence electrons. The van der Waals surface area contributed by atoms with Crippen LogP contribution in [0, 0.1) is 6.92 Å². The first-order valence-electron chi connectivity index (χ1n) is 8.18. The Kier molecular flexibility index (Phi) is 4.87. The molecule has 2 aromatic heterocycles. The van der Waals surface area contributed by atoms with Crippen LogP contribution in [-0.4, -0.2) is 21.3 Å². The molecule has 0 aliphatic heterocycles. The third-order valence-electron chi connectivity index (χ3n) is 4.10. The molecular weight excluding hydrogens is 424 g/mol. The zero-order valence-electron chi connectivity index (χ0n) is 14.3. The number of halogens is 1. The Bertz CT molecular complexity index is 1140. The summed E-state index contributed by atoms with van der Waals surface area (Å²) in [4.78, 5) is 9.61. The number of phenolic OH excluding ortho intramolecular Hbond substituents is 1. The maximum atomic E-state index is 9.92. The monoisotopic (exact) mass is 438 g/mol. The Morgan fingerprint density at radius 1 is 1.15 bits per heavy atom. The lowest BCUT2D eigenvalue weighted by atomic mass is 10.0. The minimum Gasteiger partial charge on any atom is -0.507 e. The molecule has 2 aromatic carbocycles. The van der Waals surface area contributed by atoms with E-state index in [0.717, 1.165) is 25.8 Å². The van der Waals surface area contributed by atoms with Gasteiger partial charge in [-0.3, -0.25) is 5.43 Å². The molecule has 0 amide bonds. The number of benzene rings is 2. The summed E-state index contributed by atoms with van der Waals surface area (Å²) in [5.41, 5.74) is 6.98. The van der Waals surface area contributed by atoms with Gasteiger partial charge in [0, 0.05) is 21.0 Å². The smallest absolute Gasteiger partial charge is 0.159 e. The van der Waals surface area contributed by atoms with Crippen molar-refractivity contribution >= 4 is 49.5 Å². The fraction of sp³-hybridized carbons (Fsp3) is 0.0500. The number of aromatic hydroxyl groups is 1. The van der Waals surface area contributed by atoms with E-state index in [1.54, 1.807) is 35.8 Å². The van der Waals surface area contributed by atoms with Gasteiger partial charge in [0.15, 0.2) is 5.82 Å². The summed E-state index contributed by atoms with van der Waals surface area (Å²) in [7, 11) is 0. The highest BCUT2D eigenvalue weighted by molar-refractivity contribution is 9.10. The standard InChI is InChI=1S/C20H15BrN4OS/c1-12-2-4-13(5-3-12)16-10-27-20-18(16)19(22-11-23-20)25-24-9-14-8-15(21)6-7-17(14)26/h2-11,26H,1H3,(H,22,23,25). The second-order valence-corrected chi connectivity index (χ2v) is 7.76. The van der Waals surface area contributed by atoms with Gasteiger partial charge in [-0.1, -0.05) is 45.8 Å². The molecule has 0 unspecified atom stereocenters. The fourth-order valence-corrected chi connectivity index (χ4v) is 3.99. The van der Waals surface area contributed by atoms with Gasteiger partial charge in [0.05, 0.1) is 11.6 Å². The first-order valence-corrected chi connectivity index (χ1v) is 9.86. The van der Waals surface area contributed by atoms with E-state index in [0.29, 0.717) is 11.4 Å². The average molecular weight is 439 g/mol. The molecule has 0 saturated heterocycles. The van der Waals surface area contributed by atoms with Crippen LogP contribution in [0.5, 0.6) is 5.75 Å². The van der Waals surface area contributed by atoms with Crippen LogP contribution in [0.1, 0.15) is 11.1 Å².